The van der Waals surface area contributed by atoms with Crippen molar-refractivity contribution in [2.45, 2.75) is 45.3 Å². The number of nitrogens with one attached hydrogen (secondary N) is 1. The lowest BCUT2D eigenvalue weighted by Gasteiger charge is -2.36. The second-order valence-electron chi connectivity index (χ2n) is 7.03. The third-order valence-corrected chi connectivity index (χ3v) is 5.13. The molecule has 8 heteroatoms. The van der Waals surface area contributed by atoms with Crippen molar-refractivity contribution in [2.75, 3.05) is 33.4 Å². The van der Waals surface area contributed by atoms with E-state index in [0.717, 1.165) is 12.1 Å². The summed E-state index contributed by atoms with van der Waals surface area (Å²) in [6.07, 6.45) is 2.43. The van der Waals surface area contributed by atoms with Crippen molar-refractivity contribution < 1.29 is 14.3 Å². The predicted octanol–water partition coefficient (Wildman–Crippen LogP) is 1.03. The number of methoxy groups -OCH3 is 1. The average molecular weight is 349 g/mol. The van der Waals surface area contributed by atoms with Crippen molar-refractivity contribution in [1.82, 2.24) is 24.9 Å². The van der Waals surface area contributed by atoms with Crippen molar-refractivity contribution in [2.24, 2.45) is 0 Å². The first kappa shape index (κ1) is 17.7. The van der Waals surface area contributed by atoms with E-state index < -0.39 is 0 Å². The van der Waals surface area contributed by atoms with Crippen molar-refractivity contribution in [3.63, 3.8) is 0 Å². The molecule has 0 aliphatic carbocycles. The predicted molar refractivity (Wildman–Crippen MR) is 92.6 cm³/mol. The van der Waals surface area contributed by atoms with Gasteiger partial charge in [0.15, 0.2) is 0 Å². The fraction of sp³-hybridized carbons (Fsp3) is 0.706. The van der Waals surface area contributed by atoms with Crippen LogP contribution in [0.1, 0.15) is 42.4 Å². The summed E-state index contributed by atoms with van der Waals surface area (Å²) in [5.74, 6) is -0.00700. The van der Waals surface area contributed by atoms with E-state index in [1.807, 2.05) is 35.3 Å². The molecule has 3 rings (SSSR count). The van der Waals surface area contributed by atoms with Crippen LogP contribution in [-0.2, 0) is 4.74 Å². The van der Waals surface area contributed by atoms with Crippen LogP contribution >= 0.6 is 0 Å². The van der Waals surface area contributed by atoms with Crippen LogP contribution in [-0.4, -0.2) is 77.0 Å². The van der Waals surface area contributed by atoms with E-state index >= 15 is 0 Å². The largest absolute Gasteiger partial charge is 0.383 e. The molecule has 0 bridgehead atoms. The highest BCUT2D eigenvalue weighted by molar-refractivity contribution is 5.95. The molecule has 25 heavy (non-hydrogen) atoms. The molecule has 0 spiro atoms. The standard InChI is InChI=1S/C17H27N5O3/c1-11(2)22-12(3)13(9-18-22)16(23)20-6-5-15-14(10-20)19-17(24)21(15)7-8-25-4/h9,11,14-15H,5-8,10H2,1-4H3,(H,19,24)/t14-,15+/m1/s1. The van der Waals surface area contributed by atoms with E-state index in [9.17, 15) is 9.59 Å². The van der Waals surface area contributed by atoms with Gasteiger partial charge in [-0.1, -0.05) is 0 Å². The van der Waals surface area contributed by atoms with Gasteiger partial charge in [0.05, 0.1) is 30.5 Å². The SMILES string of the molecule is COCCN1C(=O)N[C@@H]2CN(C(=O)c3cnn(C(C)C)c3C)CC[C@@H]21. The van der Waals surface area contributed by atoms with Crippen molar-refractivity contribution >= 4 is 11.9 Å². The molecular formula is C17H27N5O3. The van der Waals surface area contributed by atoms with E-state index in [0.29, 0.717) is 31.8 Å². The van der Waals surface area contributed by atoms with Crippen LogP contribution in [0.3, 0.4) is 0 Å². The molecule has 8 nitrogen and oxygen atoms in total. The third kappa shape index (κ3) is 3.22. The summed E-state index contributed by atoms with van der Waals surface area (Å²) in [4.78, 5) is 28.7. The number of fused-ring (bicyclic) bond motifs is 1. The molecule has 0 radical (unpaired) electrons. The summed E-state index contributed by atoms with van der Waals surface area (Å²) in [6.45, 7) is 8.29. The molecule has 0 unspecified atom stereocenters. The number of ether oxygens (including phenoxy) is 1. The second-order valence-corrected chi connectivity index (χ2v) is 7.03. The molecular weight excluding hydrogens is 322 g/mol. The Morgan fingerprint density at radius 2 is 2.24 bits per heavy atom. The zero-order valence-electron chi connectivity index (χ0n) is 15.4. The maximum absolute atomic E-state index is 12.9. The third-order valence-electron chi connectivity index (χ3n) is 5.13. The fourth-order valence-corrected chi connectivity index (χ4v) is 3.81. The number of rotatable bonds is 5. The molecule has 0 aromatic carbocycles. The molecule has 138 valence electrons. The van der Waals surface area contributed by atoms with Gasteiger partial charge in [-0.05, 0) is 27.2 Å². The quantitative estimate of drug-likeness (QED) is 0.861. The summed E-state index contributed by atoms with van der Waals surface area (Å²) in [5, 5.41) is 7.34. The van der Waals surface area contributed by atoms with Gasteiger partial charge in [-0.3, -0.25) is 9.48 Å². The number of amides is 3. The monoisotopic (exact) mass is 349 g/mol. The van der Waals surface area contributed by atoms with Gasteiger partial charge in [-0.15, -0.1) is 0 Å². The second kappa shape index (κ2) is 7.03. The molecule has 2 aliphatic rings. The van der Waals surface area contributed by atoms with Gasteiger partial charge in [-0.2, -0.15) is 5.10 Å². The van der Waals surface area contributed by atoms with Crippen molar-refractivity contribution in [1.29, 1.82) is 0 Å². The first-order chi connectivity index (χ1) is 11.9. The Morgan fingerprint density at radius 3 is 2.88 bits per heavy atom. The Hall–Kier alpha value is -2.09. The first-order valence-corrected chi connectivity index (χ1v) is 8.83. The summed E-state index contributed by atoms with van der Waals surface area (Å²) in [6, 6.07) is 0.259. The van der Waals surface area contributed by atoms with Gasteiger partial charge in [0.25, 0.3) is 5.91 Å². The molecule has 1 aromatic heterocycles. The zero-order chi connectivity index (χ0) is 18.1. The van der Waals surface area contributed by atoms with Crippen LogP contribution in [0.4, 0.5) is 4.79 Å². The summed E-state index contributed by atoms with van der Waals surface area (Å²) < 4.78 is 6.95. The number of hydrogen-bond acceptors (Lipinski definition) is 4. The number of carbonyl (C=O) groups is 2. The first-order valence-electron chi connectivity index (χ1n) is 8.83. The number of carbonyl (C=O) groups excluding carboxylic acids is 2. The topological polar surface area (TPSA) is 79.7 Å². The van der Waals surface area contributed by atoms with Crippen LogP contribution in [0.2, 0.25) is 0 Å². The van der Waals surface area contributed by atoms with Gasteiger partial charge in [0.1, 0.15) is 0 Å². The molecule has 0 saturated carbocycles. The normalized spacial score (nSPS) is 23.2. The fourth-order valence-electron chi connectivity index (χ4n) is 3.81. The highest BCUT2D eigenvalue weighted by Crippen LogP contribution is 2.24. The molecule has 3 amide bonds. The van der Waals surface area contributed by atoms with Gasteiger partial charge < -0.3 is 19.9 Å². The van der Waals surface area contributed by atoms with E-state index in [1.54, 1.807) is 13.3 Å². The lowest BCUT2D eigenvalue weighted by Crippen LogP contribution is -2.53. The van der Waals surface area contributed by atoms with Gasteiger partial charge in [0, 0.05) is 38.5 Å². The molecule has 2 fully saturated rings. The van der Waals surface area contributed by atoms with Gasteiger partial charge >= 0.3 is 6.03 Å². The maximum atomic E-state index is 12.9. The van der Waals surface area contributed by atoms with Gasteiger partial charge in [0.2, 0.25) is 0 Å². The number of nitrogens with zero attached hydrogens (tertiary/aromatic N) is 4. The van der Waals surface area contributed by atoms with E-state index in [-0.39, 0.29) is 30.1 Å². The van der Waals surface area contributed by atoms with Crippen LogP contribution in [0.25, 0.3) is 0 Å². The number of aromatic nitrogens is 2. The highest BCUT2D eigenvalue weighted by atomic mass is 16.5. The zero-order valence-corrected chi connectivity index (χ0v) is 15.4. The minimum absolute atomic E-state index is 0.00700. The average Bonchev–Trinajstić information content (AvgIpc) is 3.11. The smallest absolute Gasteiger partial charge is 0.318 e. The molecule has 2 saturated heterocycles. The maximum Gasteiger partial charge on any atom is 0.318 e. The lowest BCUT2D eigenvalue weighted by molar-refractivity contribution is 0.0641. The minimum Gasteiger partial charge on any atom is -0.383 e. The minimum atomic E-state index is -0.0647. The van der Waals surface area contributed by atoms with E-state index in [2.05, 4.69) is 10.4 Å². The van der Waals surface area contributed by atoms with Crippen molar-refractivity contribution in [3.05, 3.63) is 17.5 Å². The number of likely N-dealkylation sites (tertiary alicyclic amines) is 1. The number of piperidine rings is 1. The molecule has 1 aromatic rings. The summed E-state index contributed by atoms with van der Waals surface area (Å²) >= 11 is 0. The summed E-state index contributed by atoms with van der Waals surface area (Å²) in [5.41, 5.74) is 1.53. The Balaban J connectivity index is 1.69. The van der Waals surface area contributed by atoms with Gasteiger partial charge in [-0.25, -0.2) is 4.79 Å². The van der Waals surface area contributed by atoms with Crippen LogP contribution < -0.4 is 5.32 Å². The molecule has 2 aliphatic heterocycles. The Bertz CT molecular complexity index is 657. The van der Waals surface area contributed by atoms with Crippen LogP contribution in [0, 0.1) is 6.92 Å². The lowest BCUT2D eigenvalue weighted by atomic mass is 9.99. The molecule has 2 atom stereocenters. The number of urea groups is 1. The Morgan fingerprint density at radius 1 is 1.48 bits per heavy atom. The van der Waals surface area contributed by atoms with Crippen LogP contribution in [0.5, 0.6) is 0 Å². The number of hydrogen-bond donors (Lipinski definition) is 1. The Labute approximate surface area is 148 Å². The van der Waals surface area contributed by atoms with E-state index in [1.165, 1.54) is 0 Å². The van der Waals surface area contributed by atoms with E-state index in [4.69, 9.17) is 4.74 Å². The highest BCUT2D eigenvalue weighted by Gasteiger charge is 2.43. The Kier molecular flexibility index (Phi) is 4.99. The van der Waals surface area contributed by atoms with Crippen molar-refractivity contribution in [3.8, 4) is 0 Å². The molecule has 1 N–H and O–H groups in total. The summed E-state index contributed by atoms with van der Waals surface area (Å²) in [7, 11) is 1.63. The van der Waals surface area contributed by atoms with Crippen LogP contribution in [0.15, 0.2) is 6.20 Å². The molecule has 3 heterocycles.